The lowest BCUT2D eigenvalue weighted by Gasteiger charge is -2.33. The minimum Gasteiger partial charge on any atom is -0.386 e. The Balaban J connectivity index is 1.37. The molecule has 8 nitrogen and oxygen atoms in total. The highest BCUT2D eigenvalue weighted by Crippen LogP contribution is 2.54. The normalized spacial score (nSPS) is 28.9. The molecule has 1 saturated carbocycles. The molecule has 10 heteroatoms. The van der Waals surface area contributed by atoms with Crippen LogP contribution in [-0.4, -0.2) is 62.6 Å². The van der Waals surface area contributed by atoms with E-state index in [0.29, 0.717) is 30.0 Å². The number of benzene rings is 1. The van der Waals surface area contributed by atoms with E-state index in [1.807, 2.05) is 6.07 Å². The van der Waals surface area contributed by atoms with Crippen molar-refractivity contribution >= 4 is 28.9 Å². The van der Waals surface area contributed by atoms with Gasteiger partial charge in [-0.15, -0.1) is 0 Å². The minimum atomic E-state index is -1.16. The van der Waals surface area contributed by atoms with Gasteiger partial charge in [0.05, 0.1) is 47.0 Å². The van der Waals surface area contributed by atoms with Gasteiger partial charge < -0.3 is 25.0 Å². The Bertz CT molecular complexity index is 1210. The third-order valence-electron chi connectivity index (χ3n) is 7.61. The Hall–Kier alpha value is -2.17. The molecule has 0 amide bonds. The lowest BCUT2D eigenvalue weighted by molar-refractivity contribution is -0.156. The van der Waals surface area contributed by atoms with Crippen LogP contribution in [0.15, 0.2) is 23.3 Å². The molecular weight excluding hydrogens is 475 g/mol. The molecule has 4 heterocycles. The van der Waals surface area contributed by atoms with Gasteiger partial charge in [0.25, 0.3) is 0 Å². The van der Waals surface area contributed by atoms with Crippen LogP contribution in [0.4, 0.5) is 16.0 Å². The molecule has 2 aromatic rings. The zero-order chi connectivity index (χ0) is 24.5. The van der Waals surface area contributed by atoms with Gasteiger partial charge in [-0.05, 0) is 50.8 Å². The topological polar surface area (TPSA) is 109 Å². The summed E-state index contributed by atoms with van der Waals surface area (Å²) in [7, 11) is 0. The number of ether oxygens (including phenoxy) is 2. The summed E-state index contributed by atoms with van der Waals surface area (Å²) in [5, 5.41) is 24.8. The zero-order valence-electron chi connectivity index (χ0n) is 19.6. The van der Waals surface area contributed by atoms with Gasteiger partial charge in [-0.3, -0.25) is 4.99 Å². The third-order valence-corrected chi connectivity index (χ3v) is 7.88. The van der Waals surface area contributed by atoms with E-state index in [4.69, 9.17) is 21.1 Å². The number of anilines is 1. The van der Waals surface area contributed by atoms with E-state index in [-0.39, 0.29) is 28.8 Å². The van der Waals surface area contributed by atoms with Crippen LogP contribution in [0.3, 0.4) is 0 Å². The summed E-state index contributed by atoms with van der Waals surface area (Å²) in [5.74, 6) is -0.194. The summed E-state index contributed by atoms with van der Waals surface area (Å²) < 4.78 is 26.5. The molecule has 1 aliphatic carbocycles. The van der Waals surface area contributed by atoms with E-state index in [9.17, 15) is 10.2 Å². The number of hydrogen-bond donors (Lipinski definition) is 3. The van der Waals surface area contributed by atoms with Crippen LogP contribution < -0.4 is 5.32 Å². The standard InChI is InChI=1S/C25H28ClFN4O4/c1-24(2,33)22-25(5-3-4-6-25)14-7-12(8-16(27)19(14)30-22)18-15(26)10-28-23(31-18)29-17-9-13-11-34-21(35-13)20(17)32/h7-8,10,13,17,20-21,32-33H,3-6,9,11H2,1-2H3,(H,28,29,31)/t13-,17?,20-,21+/m0/s1. The SMILES string of the molecule is CC(C)(O)C1=Nc2c(F)cc(-c3nc(NC4C[C@H]5CO[C@H](O5)[C@H]4O)ncc3Cl)cc2C12CCCC2. The van der Waals surface area contributed by atoms with E-state index >= 15 is 4.39 Å². The summed E-state index contributed by atoms with van der Waals surface area (Å²) in [6.45, 7) is 3.85. The average molecular weight is 503 g/mol. The summed E-state index contributed by atoms with van der Waals surface area (Å²) in [6.07, 6.45) is 3.98. The van der Waals surface area contributed by atoms with Crippen LogP contribution in [0, 0.1) is 5.82 Å². The Morgan fingerprint density at radius 1 is 1.26 bits per heavy atom. The fourth-order valence-electron chi connectivity index (χ4n) is 6.10. The molecular formula is C25H28ClFN4O4. The van der Waals surface area contributed by atoms with E-state index in [1.54, 1.807) is 13.8 Å². The van der Waals surface area contributed by atoms with Gasteiger partial charge in [0.15, 0.2) is 6.29 Å². The maximum Gasteiger partial charge on any atom is 0.223 e. The number of aliphatic hydroxyl groups is 2. The first-order valence-electron chi connectivity index (χ1n) is 12.1. The molecule has 3 aliphatic heterocycles. The summed E-state index contributed by atoms with van der Waals surface area (Å²) in [6, 6.07) is 2.94. The molecule has 2 bridgehead atoms. The van der Waals surface area contributed by atoms with E-state index < -0.39 is 29.2 Å². The second-order valence-electron chi connectivity index (χ2n) is 10.5. The predicted molar refractivity (Wildman–Crippen MR) is 129 cm³/mol. The highest BCUT2D eigenvalue weighted by Gasteiger charge is 2.51. The Labute approximate surface area is 207 Å². The molecule has 0 radical (unpaired) electrons. The molecule has 4 aliphatic rings. The van der Waals surface area contributed by atoms with Crippen LogP contribution in [0.25, 0.3) is 11.3 Å². The Morgan fingerprint density at radius 3 is 2.77 bits per heavy atom. The molecule has 186 valence electrons. The van der Waals surface area contributed by atoms with E-state index in [1.165, 1.54) is 12.3 Å². The molecule has 6 rings (SSSR count). The van der Waals surface area contributed by atoms with Crippen molar-refractivity contribution in [2.75, 3.05) is 11.9 Å². The van der Waals surface area contributed by atoms with Gasteiger partial charge in [0.1, 0.15) is 17.6 Å². The summed E-state index contributed by atoms with van der Waals surface area (Å²) >= 11 is 6.48. The second-order valence-corrected chi connectivity index (χ2v) is 10.9. The Kier molecular flexibility index (Phi) is 5.43. The number of fused-ring (bicyclic) bond motifs is 4. The molecule has 1 aromatic heterocycles. The lowest BCUT2D eigenvalue weighted by Crippen LogP contribution is -2.48. The first kappa shape index (κ1) is 23.2. The number of nitrogens with one attached hydrogen (secondary N) is 1. The van der Waals surface area contributed by atoms with Crippen molar-refractivity contribution in [2.45, 2.75) is 81.5 Å². The van der Waals surface area contributed by atoms with Crippen molar-refractivity contribution in [1.82, 2.24) is 9.97 Å². The number of halogens is 2. The van der Waals surface area contributed by atoms with Crippen molar-refractivity contribution in [3.8, 4) is 11.3 Å². The summed E-state index contributed by atoms with van der Waals surface area (Å²) in [4.78, 5) is 13.5. The quantitative estimate of drug-likeness (QED) is 0.582. The van der Waals surface area contributed by atoms with Gasteiger partial charge in [0, 0.05) is 11.0 Å². The number of aromatic nitrogens is 2. The van der Waals surface area contributed by atoms with Gasteiger partial charge in [0.2, 0.25) is 5.95 Å². The fraction of sp³-hybridized carbons (Fsp3) is 0.560. The van der Waals surface area contributed by atoms with E-state index in [2.05, 4.69) is 20.3 Å². The highest BCUT2D eigenvalue weighted by molar-refractivity contribution is 6.33. The van der Waals surface area contributed by atoms with Crippen LogP contribution in [-0.2, 0) is 14.9 Å². The van der Waals surface area contributed by atoms with Crippen LogP contribution in [0.2, 0.25) is 5.02 Å². The maximum atomic E-state index is 15.4. The van der Waals surface area contributed by atoms with Gasteiger partial charge in [-0.2, -0.15) is 0 Å². The number of hydrogen-bond acceptors (Lipinski definition) is 8. The first-order chi connectivity index (χ1) is 16.7. The van der Waals surface area contributed by atoms with Crippen molar-refractivity contribution in [3.63, 3.8) is 0 Å². The molecule has 3 fully saturated rings. The molecule has 3 N–H and O–H groups in total. The largest absolute Gasteiger partial charge is 0.386 e. The second kappa shape index (κ2) is 8.18. The number of rotatable bonds is 4. The predicted octanol–water partition coefficient (Wildman–Crippen LogP) is 3.89. The van der Waals surface area contributed by atoms with Crippen molar-refractivity contribution in [1.29, 1.82) is 0 Å². The van der Waals surface area contributed by atoms with Gasteiger partial charge >= 0.3 is 0 Å². The molecule has 1 aromatic carbocycles. The molecule has 1 unspecified atom stereocenters. The third kappa shape index (κ3) is 3.76. The van der Waals surface area contributed by atoms with Crippen LogP contribution >= 0.6 is 11.6 Å². The number of nitrogens with zero attached hydrogens (tertiary/aromatic N) is 3. The van der Waals surface area contributed by atoms with Crippen LogP contribution in [0.1, 0.15) is 51.5 Å². The monoisotopic (exact) mass is 502 g/mol. The highest BCUT2D eigenvalue weighted by atomic mass is 35.5. The van der Waals surface area contributed by atoms with Crippen molar-refractivity contribution in [2.24, 2.45) is 4.99 Å². The average Bonchev–Trinajstić information content (AvgIpc) is 3.52. The fourth-order valence-corrected chi connectivity index (χ4v) is 6.30. The molecule has 1 spiro atoms. The zero-order valence-corrected chi connectivity index (χ0v) is 20.3. The number of aliphatic imine (C=N–C) groups is 1. The minimum absolute atomic E-state index is 0.0916. The molecule has 35 heavy (non-hydrogen) atoms. The maximum absolute atomic E-state index is 15.4. The van der Waals surface area contributed by atoms with Crippen molar-refractivity contribution < 1.29 is 24.1 Å². The smallest absolute Gasteiger partial charge is 0.223 e. The van der Waals surface area contributed by atoms with Crippen molar-refractivity contribution in [3.05, 3.63) is 34.7 Å². The lowest BCUT2D eigenvalue weighted by atomic mass is 9.71. The Morgan fingerprint density at radius 2 is 2.03 bits per heavy atom. The summed E-state index contributed by atoms with van der Waals surface area (Å²) in [5.41, 5.74) is 0.943. The van der Waals surface area contributed by atoms with Gasteiger partial charge in [-0.1, -0.05) is 24.4 Å². The first-order valence-corrected chi connectivity index (χ1v) is 12.4. The molecule has 2 saturated heterocycles. The van der Waals surface area contributed by atoms with Crippen LogP contribution in [0.5, 0.6) is 0 Å². The van der Waals surface area contributed by atoms with Gasteiger partial charge in [-0.25, -0.2) is 14.4 Å². The van der Waals surface area contributed by atoms with E-state index in [0.717, 1.165) is 31.2 Å². The number of aliphatic hydroxyl groups excluding tert-OH is 1. The molecule has 4 atom stereocenters.